The third-order valence-electron chi connectivity index (χ3n) is 3.19. The lowest BCUT2D eigenvalue weighted by atomic mass is 9.82. The van der Waals surface area contributed by atoms with E-state index in [2.05, 4.69) is 4.81 Å². The molecule has 0 spiro atoms. The first-order chi connectivity index (χ1) is 8.15. The number of hydrogen-bond donors (Lipinski definition) is 2. The Balaban J connectivity index is 1.84. The lowest BCUT2D eigenvalue weighted by Gasteiger charge is -2.32. The summed E-state index contributed by atoms with van der Waals surface area (Å²) in [6, 6.07) is 7.49. The van der Waals surface area contributed by atoms with Crippen LogP contribution in [0.4, 0.5) is 5.69 Å². The largest absolute Gasteiger partial charge is 0.490 e. The Hall–Kier alpha value is -1.20. The highest BCUT2D eigenvalue weighted by atomic mass is 16.5. The fourth-order valence-corrected chi connectivity index (χ4v) is 2.11. The van der Waals surface area contributed by atoms with E-state index >= 15 is 0 Å². The standard InChI is InChI=1S/C12H19BN2O2/c1-13(16)15-8-6-12(7-9-15)17-11-4-2-10(14)3-5-11/h2-5,12,16H,6-9,14H2,1H3. The molecule has 0 saturated carbocycles. The summed E-state index contributed by atoms with van der Waals surface area (Å²) in [4.78, 5) is 2.06. The second-order valence-corrected chi connectivity index (χ2v) is 4.55. The number of rotatable bonds is 3. The molecule has 1 aromatic rings. The predicted molar refractivity (Wildman–Crippen MR) is 69.9 cm³/mol. The summed E-state index contributed by atoms with van der Waals surface area (Å²) in [5.74, 6) is 0.870. The average molecular weight is 234 g/mol. The van der Waals surface area contributed by atoms with Crippen LogP contribution >= 0.6 is 0 Å². The van der Waals surface area contributed by atoms with Crippen molar-refractivity contribution in [1.82, 2.24) is 4.81 Å². The summed E-state index contributed by atoms with van der Waals surface area (Å²) < 4.78 is 5.87. The summed E-state index contributed by atoms with van der Waals surface area (Å²) >= 11 is 0. The summed E-state index contributed by atoms with van der Waals surface area (Å²) in [7, 11) is -0.354. The molecule has 0 amide bonds. The van der Waals surface area contributed by atoms with E-state index in [0.29, 0.717) is 0 Å². The van der Waals surface area contributed by atoms with Crippen LogP contribution in [-0.4, -0.2) is 36.1 Å². The smallest absolute Gasteiger partial charge is 0.376 e. The van der Waals surface area contributed by atoms with Gasteiger partial charge in [-0.1, -0.05) is 0 Å². The molecule has 0 aliphatic carbocycles. The van der Waals surface area contributed by atoms with Crippen LogP contribution < -0.4 is 10.5 Å². The highest BCUT2D eigenvalue weighted by molar-refractivity contribution is 6.45. The molecule has 4 nitrogen and oxygen atoms in total. The third-order valence-corrected chi connectivity index (χ3v) is 3.19. The number of piperidine rings is 1. The SMILES string of the molecule is CB(O)N1CCC(Oc2ccc(N)cc2)CC1. The van der Waals surface area contributed by atoms with Gasteiger partial charge < -0.3 is 20.3 Å². The van der Waals surface area contributed by atoms with E-state index in [0.717, 1.165) is 37.4 Å². The zero-order valence-corrected chi connectivity index (χ0v) is 10.2. The number of hydrogen-bond acceptors (Lipinski definition) is 4. The number of nitrogens with zero attached hydrogens (tertiary/aromatic N) is 1. The Labute approximate surface area is 103 Å². The number of benzene rings is 1. The van der Waals surface area contributed by atoms with E-state index in [-0.39, 0.29) is 13.2 Å². The lowest BCUT2D eigenvalue weighted by molar-refractivity contribution is 0.128. The van der Waals surface area contributed by atoms with Crippen LogP contribution in [0, 0.1) is 0 Å². The molecule has 1 fully saturated rings. The summed E-state index contributed by atoms with van der Waals surface area (Å²) in [6.07, 6.45) is 2.15. The zero-order chi connectivity index (χ0) is 12.3. The minimum atomic E-state index is -0.354. The fraction of sp³-hybridized carbons (Fsp3) is 0.500. The maximum Gasteiger partial charge on any atom is 0.376 e. The maximum atomic E-state index is 9.45. The van der Waals surface area contributed by atoms with Gasteiger partial charge in [0.25, 0.3) is 0 Å². The van der Waals surface area contributed by atoms with Gasteiger partial charge in [0, 0.05) is 5.69 Å². The van der Waals surface area contributed by atoms with Crippen molar-refractivity contribution in [2.45, 2.75) is 25.8 Å². The molecule has 1 saturated heterocycles. The molecular weight excluding hydrogens is 215 g/mol. The first kappa shape index (κ1) is 12.3. The normalized spacial score (nSPS) is 18.0. The van der Waals surface area contributed by atoms with E-state index < -0.39 is 0 Å². The molecule has 5 heteroatoms. The van der Waals surface area contributed by atoms with Crippen LogP contribution in [0.5, 0.6) is 5.75 Å². The number of ether oxygens (including phenoxy) is 1. The Morgan fingerprint density at radius 3 is 2.41 bits per heavy atom. The van der Waals surface area contributed by atoms with Gasteiger partial charge in [-0.3, -0.25) is 0 Å². The monoisotopic (exact) mass is 234 g/mol. The highest BCUT2D eigenvalue weighted by Gasteiger charge is 2.24. The topological polar surface area (TPSA) is 58.7 Å². The van der Waals surface area contributed by atoms with Gasteiger partial charge in [-0.25, -0.2) is 0 Å². The van der Waals surface area contributed by atoms with Gasteiger partial charge >= 0.3 is 7.05 Å². The van der Waals surface area contributed by atoms with Crippen LogP contribution in [0.25, 0.3) is 0 Å². The minimum Gasteiger partial charge on any atom is -0.490 e. The Morgan fingerprint density at radius 2 is 1.88 bits per heavy atom. The average Bonchev–Trinajstić information content (AvgIpc) is 2.33. The van der Waals surface area contributed by atoms with Gasteiger partial charge in [0.2, 0.25) is 0 Å². The Kier molecular flexibility index (Phi) is 3.91. The van der Waals surface area contributed by atoms with E-state index in [4.69, 9.17) is 10.5 Å². The second kappa shape index (κ2) is 5.43. The molecule has 1 heterocycles. The van der Waals surface area contributed by atoms with Crippen LogP contribution in [0.15, 0.2) is 24.3 Å². The van der Waals surface area contributed by atoms with E-state index in [1.54, 1.807) is 6.82 Å². The van der Waals surface area contributed by atoms with Crippen LogP contribution in [0.1, 0.15) is 12.8 Å². The molecule has 1 aromatic carbocycles. The van der Waals surface area contributed by atoms with Gasteiger partial charge in [-0.05, 0) is 57.0 Å². The minimum absolute atomic E-state index is 0.244. The molecule has 1 aliphatic heterocycles. The van der Waals surface area contributed by atoms with Gasteiger partial charge in [0.05, 0.1) is 0 Å². The lowest BCUT2D eigenvalue weighted by Crippen LogP contribution is -2.45. The first-order valence-corrected chi connectivity index (χ1v) is 6.09. The zero-order valence-electron chi connectivity index (χ0n) is 10.2. The van der Waals surface area contributed by atoms with Gasteiger partial charge in [0.1, 0.15) is 11.9 Å². The molecule has 92 valence electrons. The molecular formula is C12H19BN2O2. The van der Waals surface area contributed by atoms with Crippen molar-refractivity contribution in [3.63, 3.8) is 0 Å². The first-order valence-electron chi connectivity index (χ1n) is 6.09. The van der Waals surface area contributed by atoms with Crippen LogP contribution in [-0.2, 0) is 0 Å². The molecule has 1 aliphatic rings. The molecule has 0 aromatic heterocycles. The van der Waals surface area contributed by atoms with Crippen molar-refractivity contribution in [3.05, 3.63) is 24.3 Å². The Morgan fingerprint density at radius 1 is 1.29 bits per heavy atom. The second-order valence-electron chi connectivity index (χ2n) is 4.55. The molecule has 0 radical (unpaired) electrons. The fourth-order valence-electron chi connectivity index (χ4n) is 2.11. The van der Waals surface area contributed by atoms with E-state index in [1.807, 2.05) is 24.3 Å². The molecule has 17 heavy (non-hydrogen) atoms. The third kappa shape index (κ3) is 3.38. The molecule has 0 atom stereocenters. The number of nitrogen functional groups attached to an aromatic ring is 1. The van der Waals surface area contributed by atoms with Crippen molar-refractivity contribution >= 4 is 12.7 Å². The summed E-state index contributed by atoms with van der Waals surface area (Å²) in [5, 5.41) is 9.45. The number of nitrogens with two attached hydrogens (primary N) is 1. The van der Waals surface area contributed by atoms with Crippen molar-refractivity contribution in [2.75, 3.05) is 18.8 Å². The number of anilines is 1. The van der Waals surface area contributed by atoms with Crippen molar-refractivity contribution in [3.8, 4) is 5.75 Å². The predicted octanol–water partition coefficient (Wildman–Crippen LogP) is 1.22. The van der Waals surface area contributed by atoms with Crippen molar-refractivity contribution in [1.29, 1.82) is 0 Å². The summed E-state index contributed by atoms with van der Waals surface area (Å²) in [5.41, 5.74) is 6.37. The van der Waals surface area contributed by atoms with Crippen molar-refractivity contribution in [2.24, 2.45) is 0 Å². The van der Waals surface area contributed by atoms with E-state index in [1.165, 1.54) is 0 Å². The molecule has 2 rings (SSSR count). The van der Waals surface area contributed by atoms with Gasteiger partial charge in [-0.15, -0.1) is 0 Å². The van der Waals surface area contributed by atoms with Crippen LogP contribution in [0.2, 0.25) is 6.82 Å². The van der Waals surface area contributed by atoms with Crippen LogP contribution in [0.3, 0.4) is 0 Å². The maximum absolute atomic E-state index is 9.45. The van der Waals surface area contributed by atoms with E-state index in [9.17, 15) is 5.02 Å². The quantitative estimate of drug-likeness (QED) is 0.609. The van der Waals surface area contributed by atoms with Gasteiger partial charge in [-0.2, -0.15) is 0 Å². The van der Waals surface area contributed by atoms with Gasteiger partial charge in [0.15, 0.2) is 0 Å². The summed E-state index contributed by atoms with van der Waals surface area (Å²) in [6.45, 7) is 3.58. The van der Waals surface area contributed by atoms with Crippen molar-refractivity contribution < 1.29 is 9.76 Å². The molecule has 0 unspecified atom stereocenters. The highest BCUT2D eigenvalue weighted by Crippen LogP contribution is 2.20. The Bertz CT molecular complexity index is 348. The molecule has 3 N–H and O–H groups in total. The molecule has 0 bridgehead atoms.